The molecule has 0 amide bonds. The van der Waals surface area contributed by atoms with Crippen molar-refractivity contribution in [2.45, 2.75) is 86.0 Å². The molecule has 0 aliphatic heterocycles. The summed E-state index contributed by atoms with van der Waals surface area (Å²) in [6, 6.07) is 38.7. The van der Waals surface area contributed by atoms with Crippen LogP contribution >= 0.6 is 15.9 Å². The molecule has 3 nitrogen and oxygen atoms in total. The standard InChI is InChI=1S/C51H58BrN3.C2H6/c1-7-20-44-27-16-17-28-46(44)40(4)51(6,38-42-23-14-11-15-24-42)49(55-36-9-3)32-29-43(39-53)26-19-34-50(5,33-18-25-41-21-12-10-13-22-41)47-37-45(52)30-31-48(47)54-35-8-2;1-2/h7,10-32,37,54-55H,4,8-9,33-36,38H2,1-3,5-6H3;1-2H3/p+1/b20-7-,25-18+,26-19+,43-29-,49-32+;. The second kappa shape index (κ2) is 24.6. The quantitative estimate of drug-likeness (QED) is 0.0530. The van der Waals surface area contributed by atoms with Crippen molar-refractivity contribution in [3.8, 4) is 6.07 Å². The molecule has 57 heavy (non-hydrogen) atoms. The molecule has 0 heterocycles. The molecular formula is C53H65BrN3+. The molecule has 2 unspecified atom stereocenters. The van der Waals surface area contributed by atoms with Crippen molar-refractivity contribution in [3.05, 3.63) is 190 Å². The first-order chi connectivity index (χ1) is 27.7. The summed E-state index contributed by atoms with van der Waals surface area (Å²) in [4.78, 5) is 0. The number of quaternary nitrogens is 1. The molecule has 4 aromatic carbocycles. The molecule has 4 aromatic rings. The maximum atomic E-state index is 10.5. The molecule has 0 saturated heterocycles. The van der Waals surface area contributed by atoms with Crippen LogP contribution in [0.5, 0.6) is 0 Å². The molecular weight excluding hydrogens is 759 g/mol. The van der Waals surface area contributed by atoms with Crippen LogP contribution in [0.3, 0.4) is 0 Å². The Kier molecular flexibility index (Phi) is 20.1. The third-order valence-electron chi connectivity index (χ3n) is 10.3. The van der Waals surface area contributed by atoms with Gasteiger partial charge < -0.3 is 10.6 Å². The van der Waals surface area contributed by atoms with Gasteiger partial charge in [0.2, 0.25) is 0 Å². The van der Waals surface area contributed by atoms with Crippen LogP contribution in [0.4, 0.5) is 5.69 Å². The predicted molar refractivity (Wildman–Crippen MR) is 252 cm³/mol. The first-order valence-electron chi connectivity index (χ1n) is 20.7. The number of nitrogens with two attached hydrogens (primary N) is 1. The van der Waals surface area contributed by atoms with E-state index < -0.39 is 5.41 Å². The van der Waals surface area contributed by atoms with Gasteiger partial charge in [-0.25, -0.2) is 0 Å². The minimum Gasteiger partial charge on any atom is -0.388 e. The number of halogens is 1. The van der Waals surface area contributed by atoms with E-state index in [4.69, 9.17) is 6.58 Å². The van der Waals surface area contributed by atoms with Crippen molar-refractivity contribution < 1.29 is 5.32 Å². The van der Waals surface area contributed by atoms with Gasteiger partial charge in [-0.3, -0.25) is 0 Å². The molecule has 298 valence electrons. The lowest BCUT2D eigenvalue weighted by molar-refractivity contribution is -0.572. The van der Waals surface area contributed by atoms with E-state index in [1.54, 1.807) is 0 Å². The van der Waals surface area contributed by atoms with Gasteiger partial charge in [0.1, 0.15) is 5.69 Å². The fraction of sp³-hybridized carbons (Fsp3) is 0.302. The van der Waals surface area contributed by atoms with Crippen LogP contribution in [0, 0.1) is 16.7 Å². The van der Waals surface area contributed by atoms with Gasteiger partial charge in [-0.1, -0.05) is 172 Å². The van der Waals surface area contributed by atoms with E-state index in [0.717, 1.165) is 72.1 Å². The highest BCUT2D eigenvalue weighted by Crippen LogP contribution is 2.44. The van der Waals surface area contributed by atoms with Gasteiger partial charge in [-0.05, 0) is 104 Å². The zero-order chi connectivity index (χ0) is 41.5. The van der Waals surface area contributed by atoms with Gasteiger partial charge in [-0.15, -0.1) is 0 Å². The van der Waals surface area contributed by atoms with E-state index in [9.17, 15) is 5.26 Å². The fourth-order valence-corrected chi connectivity index (χ4v) is 7.42. The maximum Gasteiger partial charge on any atom is 0.133 e. The third kappa shape index (κ3) is 13.9. The number of hydrogen-bond donors (Lipinski definition) is 2. The lowest BCUT2D eigenvalue weighted by Crippen LogP contribution is -2.78. The molecule has 0 bridgehead atoms. The van der Waals surface area contributed by atoms with E-state index in [1.165, 1.54) is 22.4 Å². The van der Waals surface area contributed by atoms with Crippen LogP contribution in [0.25, 0.3) is 17.7 Å². The number of benzene rings is 4. The van der Waals surface area contributed by atoms with Gasteiger partial charge in [0.05, 0.1) is 18.2 Å². The molecule has 3 N–H and O–H groups in total. The second-order valence-electron chi connectivity index (χ2n) is 14.7. The van der Waals surface area contributed by atoms with Gasteiger partial charge in [0.25, 0.3) is 0 Å². The Bertz CT molecular complexity index is 2030. The Morgan fingerprint density at radius 2 is 1.51 bits per heavy atom. The summed E-state index contributed by atoms with van der Waals surface area (Å²) < 4.78 is 1.07. The van der Waals surface area contributed by atoms with Crippen LogP contribution < -0.4 is 10.6 Å². The highest BCUT2D eigenvalue weighted by Gasteiger charge is 2.34. The van der Waals surface area contributed by atoms with Crippen molar-refractivity contribution in [2.75, 3.05) is 13.1 Å². The van der Waals surface area contributed by atoms with Gasteiger partial charge in [0.15, 0.2) is 0 Å². The predicted octanol–water partition coefficient (Wildman–Crippen LogP) is 13.7. The molecule has 0 aromatic heterocycles. The van der Waals surface area contributed by atoms with Crippen molar-refractivity contribution in [2.24, 2.45) is 5.41 Å². The summed E-state index contributed by atoms with van der Waals surface area (Å²) in [7, 11) is 0. The zero-order valence-electron chi connectivity index (χ0n) is 35.5. The maximum absolute atomic E-state index is 10.5. The summed E-state index contributed by atoms with van der Waals surface area (Å²) in [5.74, 6) is 0. The summed E-state index contributed by atoms with van der Waals surface area (Å²) in [5.41, 5.74) is 9.25. The highest BCUT2D eigenvalue weighted by molar-refractivity contribution is 9.10. The van der Waals surface area contributed by atoms with Crippen LogP contribution in [0.1, 0.15) is 102 Å². The van der Waals surface area contributed by atoms with E-state index in [0.29, 0.717) is 5.57 Å². The lowest BCUT2D eigenvalue weighted by Gasteiger charge is -2.36. The SMILES string of the molecule is C=C(c1ccccc1/C=C\C)C(C)(Cc1ccccc1)\C(=C/C=C(C#N)/C=C/CC(C)(C/C=C/c1ccccc1)c1cc(Br)ccc1[NH2+]CCC)NCCC.CC. The number of allylic oxidation sites excluding steroid dienone is 8. The molecule has 0 aliphatic carbocycles. The molecule has 0 aliphatic rings. The average molecular weight is 824 g/mol. The fourth-order valence-electron chi connectivity index (χ4n) is 7.06. The second-order valence-corrected chi connectivity index (χ2v) is 15.6. The topological polar surface area (TPSA) is 52.4 Å². The van der Waals surface area contributed by atoms with Crippen molar-refractivity contribution in [1.29, 1.82) is 5.26 Å². The number of nitrogens with zero attached hydrogens (tertiary/aromatic N) is 1. The summed E-state index contributed by atoms with van der Waals surface area (Å²) in [5, 5.41) is 16.6. The largest absolute Gasteiger partial charge is 0.388 e. The van der Waals surface area contributed by atoms with Gasteiger partial charge >= 0.3 is 0 Å². The minimum atomic E-state index is -0.481. The van der Waals surface area contributed by atoms with Crippen LogP contribution in [0.2, 0.25) is 0 Å². The lowest BCUT2D eigenvalue weighted by atomic mass is 9.71. The normalized spacial score (nSPS) is 14.2. The average Bonchev–Trinajstić information content (AvgIpc) is 3.24. The van der Waals surface area contributed by atoms with Crippen LogP contribution in [0.15, 0.2) is 162 Å². The Morgan fingerprint density at radius 3 is 2.18 bits per heavy atom. The van der Waals surface area contributed by atoms with E-state index in [-0.39, 0.29) is 5.41 Å². The molecule has 0 fully saturated rings. The number of nitriles is 1. The van der Waals surface area contributed by atoms with Gasteiger partial charge in [0, 0.05) is 39.2 Å². The van der Waals surface area contributed by atoms with Crippen LogP contribution in [-0.4, -0.2) is 13.1 Å². The molecule has 2 atom stereocenters. The Labute approximate surface area is 353 Å². The van der Waals surface area contributed by atoms with E-state index in [2.05, 4.69) is 194 Å². The van der Waals surface area contributed by atoms with Crippen molar-refractivity contribution in [3.63, 3.8) is 0 Å². The first kappa shape index (κ1) is 46.4. The number of nitrogens with one attached hydrogen (secondary N) is 1. The monoisotopic (exact) mass is 822 g/mol. The van der Waals surface area contributed by atoms with E-state index in [1.807, 2.05) is 39.0 Å². The third-order valence-corrected chi connectivity index (χ3v) is 10.8. The van der Waals surface area contributed by atoms with Crippen LogP contribution in [-0.2, 0) is 11.8 Å². The smallest absolute Gasteiger partial charge is 0.133 e. The highest BCUT2D eigenvalue weighted by atomic mass is 79.9. The summed E-state index contributed by atoms with van der Waals surface area (Å²) >= 11 is 3.77. The molecule has 4 heteroatoms. The minimum absolute atomic E-state index is 0.207. The Balaban J connectivity index is 0.00000428. The number of rotatable bonds is 20. The molecule has 0 radical (unpaired) electrons. The Hall–Kier alpha value is -4.95. The van der Waals surface area contributed by atoms with E-state index >= 15 is 0 Å². The zero-order valence-corrected chi connectivity index (χ0v) is 37.1. The van der Waals surface area contributed by atoms with Crippen molar-refractivity contribution >= 4 is 39.3 Å². The molecule has 0 saturated carbocycles. The molecule has 0 spiro atoms. The van der Waals surface area contributed by atoms with Gasteiger partial charge in [-0.2, -0.15) is 5.26 Å². The number of hydrogen-bond acceptors (Lipinski definition) is 2. The Morgan fingerprint density at radius 1 is 0.842 bits per heavy atom. The van der Waals surface area contributed by atoms with Crippen molar-refractivity contribution in [1.82, 2.24) is 5.32 Å². The summed E-state index contributed by atoms with van der Waals surface area (Å²) in [6.45, 7) is 21.7. The molecule has 4 rings (SSSR count). The summed E-state index contributed by atoms with van der Waals surface area (Å²) in [6.07, 6.45) is 21.4. The first-order valence-corrected chi connectivity index (χ1v) is 21.5.